The van der Waals surface area contributed by atoms with Gasteiger partial charge in [0.2, 0.25) is 11.8 Å². The van der Waals surface area contributed by atoms with Gasteiger partial charge in [-0.3, -0.25) is 9.59 Å². The molecule has 20 heavy (non-hydrogen) atoms. The van der Waals surface area contributed by atoms with Gasteiger partial charge in [-0.2, -0.15) is 0 Å². The van der Waals surface area contributed by atoms with Gasteiger partial charge < -0.3 is 21.9 Å². The van der Waals surface area contributed by atoms with Crippen molar-refractivity contribution in [2.75, 3.05) is 5.73 Å². The van der Waals surface area contributed by atoms with E-state index in [9.17, 15) is 9.59 Å². The van der Waals surface area contributed by atoms with E-state index in [2.05, 4.69) is 4.98 Å². The van der Waals surface area contributed by atoms with Gasteiger partial charge in [-0.25, -0.2) is 4.98 Å². The second-order valence-corrected chi connectivity index (χ2v) is 3.98. The van der Waals surface area contributed by atoms with Crippen molar-refractivity contribution in [3.05, 3.63) is 47.7 Å². The fourth-order valence-corrected chi connectivity index (χ4v) is 1.55. The van der Waals surface area contributed by atoms with Crippen LogP contribution in [0.5, 0.6) is 11.6 Å². The third-order valence-corrected chi connectivity index (χ3v) is 2.47. The first-order valence-corrected chi connectivity index (χ1v) is 5.60. The minimum atomic E-state index is -0.717. The third-order valence-electron chi connectivity index (χ3n) is 2.47. The number of primary amides is 2. The zero-order valence-electron chi connectivity index (χ0n) is 10.4. The van der Waals surface area contributed by atoms with Crippen molar-refractivity contribution in [3.63, 3.8) is 0 Å². The maximum atomic E-state index is 11.3. The van der Waals surface area contributed by atoms with Crippen LogP contribution in [0.3, 0.4) is 0 Å². The molecule has 0 aliphatic carbocycles. The standard InChI is InChI=1S/C13H12N4O3/c14-8-5-10(12(16)19)13(17-6-8)20-9-3-1-2-7(4-9)11(15)18/h1-6H,14H2,(H2,15,18)(H2,16,19). The van der Waals surface area contributed by atoms with Gasteiger partial charge in [0.05, 0.1) is 11.9 Å². The molecule has 1 aromatic heterocycles. The molecule has 0 radical (unpaired) electrons. The number of nitrogens with zero attached hydrogens (tertiary/aromatic N) is 1. The van der Waals surface area contributed by atoms with Gasteiger partial charge in [0.15, 0.2) is 0 Å². The minimum absolute atomic E-state index is 0.00770. The zero-order valence-corrected chi connectivity index (χ0v) is 10.4. The monoisotopic (exact) mass is 272 g/mol. The molecular weight excluding hydrogens is 260 g/mol. The van der Waals surface area contributed by atoms with Gasteiger partial charge in [0.1, 0.15) is 11.3 Å². The smallest absolute Gasteiger partial charge is 0.254 e. The van der Waals surface area contributed by atoms with Crippen LogP contribution in [0, 0.1) is 0 Å². The molecule has 2 rings (SSSR count). The van der Waals surface area contributed by atoms with E-state index in [0.717, 1.165) is 0 Å². The fourth-order valence-electron chi connectivity index (χ4n) is 1.55. The lowest BCUT2D eigenvalue weighted by Crippen LogP contribution is -2.14. The van der Waals surface area contributed by atoms with Gasteiger partial charge in [-0.05, 0) is 24.3 Å². The lowest BCUT2D eigenvalue weighted by Gasteiger charge is -2.09. The van der Waals surface area contributed by atoms with E-state index in [0.29, 0.717) is 5.75 Å². The second-order valence-electron chi connectivity index (χ2n) is 3.98. The number of amides is 2. The van der Waals surface area contributed by atoms with Crippen molar-refractivity contribution < 1.29 is 14.3 Å². The number of hydrogen-bond acceptors (Lipinski definition) is 5. The molecule has 1 aromatic carbocycles. The lowest BCUT2D eigenvalue weighted by atomic mass is 10.2. The summed E-state index contributed by atoms with van der Waals surface area (Å²) in [5.41, 5.74) is 16.6. The highest BCUT2D eigenvalue weighted by Crippen LogP contribution is 2.24. The summed E-state index contributed by atoms with van der Waals surface area (Å²) in [5, 5.41) is 0. The molecule has 2 aromatic rings. The first kappa shape index (κ1) is 13.3. The van der Waals surface area contributed by atoms with Crippen molar-refractivity contribution in [1.29, 1.82) is 0 Å². The van der Waals surface area contributed by atoms with Crippen molar-refractivity contribution in [2.45, 2.75) is 0 Å². The molecule has 102 valence electrons. The first-order chi connectivity index (χ1) is 9.47. The molecule has 0 aliphatic heterocycles. The molecule has 0 saturated heterocycles. The van der Waals surface area contributed by atoms with Crippen molar-refractivity contribution in [1.82, 2.24) is 4.98 Å². The van der Waals surface area contributed by atoms with Crippen molar-refractivity contribution in [3.8, 4) is 11.6 Å². The van der Waals surface area contributed by atoms with Gasteiger partial charge in [-0.1, -0.05) is 6.07 Å². The van der Waals surface area contributed by atoms with Crippen LogP contribution in [0.15, 0.2) is 36.5 Å². The van der Waals surface area contributed by atoms with Crippen LogP contribution in [-0.2, 0) is 0 Å². The van der Waals surface area contributed by atoms with Crippen molar-refractivity contribution >= 4 is 17.5 Å². The number of benzene rings is 1. The molecule has 0 spiro atoms. The van der Waals surface area contributed by atoms with Gasteiger partial charge in [-0.15, -0.1) is 0 Å². The maximum Gasteiger partial charge on any atom is 0.254 e. The van der Waals surface area contributed by atoms with Crippen LogP contribution >= 0.6 is 0 Å². The summed E-state index contributed by atoms with van der Waals surface area (Å²) < 4.78 is 5.44. The zero-order chi connectivity index (χ0) is 14.7. The second kappa shape index (κ2) is 5.27. The number of ether oxygens (including phenoxy) is 1. The van der Waals surface area contributed by atoms with E-state index in [1.165, 1.54) is 18.3 Å². The Morgan fingerprint density at radius 2 is 1.85 bits per heavy atom. The quantitative estimate of drug-likeness (QED) is 0.751. The highest BCUT2D eigenvalue weighted by atomic mass is 16.5. The summed E-state index contributed by atoms with van der Waals surface area (Å²) in [4.78, 5) is 26.3. The SMILES string of the molecule is NC(=O)c1cccc(Oc2ncc(N)cc2C(N)=O)c1. The molecule has 0 bridgehead atoms. The maximum absolute atomic E-state index is 11.3. The number of rotatable bonds is 4. The Balaban J connectivity index is 2.37. The Bertz CT molecular complexity index is 685. The van der Waals surface area contributed by atoms with Crippen LogP contribution in [0.1, 0.15) is 20.7 Å². The molecule has 1 heterocycles. The normalized spacial score (nSPS) is 10.0. The summed E-state index contributed by atoms with van der Waals surface area (Å²) in [6.45, 7) is 0. The molecule has 0 atom stereocenters. The van der Waals surface area contributed by atoms with Crippen LogP contribution in [0.2, 0.25) is 0 Å². The molecule has 7 heteroatoms. The van der Waals surface area contributed by atoms with Crippen LogP contribution in [-0.4, -0.2) is 16.8 Å². The van der Waals surface area contributed by atoms with E-state index in [4.69, 9.17) is 21.9 Å². The Morgan fingerprint density at radius 3 is 2.50 bits per heavy atom. The van der Waals surface area contributed by atoms with Crippen LogP contribution in [0.4, 0.5) is 5.69 Å². The molecule has 7 nitrogen and oxygen atoms in total. The van der Waals surface area contributed by atoms with Crippen LogP contribution < -0.4 is 21.9 Å². The average molecular weight is 272 g/mol. The molecule has 0 aliphatic rings. The summed E-state index contributed by atoms with van der Waals surface area (Å²) in [5.74, 6) is -0.990. The number of pyridine rings is 1. The molecule has 0 saturated carbocycles. The minimum Gasteiger partial charge on any atom is -0.438 e. The number of hydrogen-bond donors (Lipinski definition) is 3. The largest absolute Gasteiger partial charge is 0.438 e. The topological polar surface area (TPSA) is 134 Å². The Kier molecular flexibility index (Phi) is 3.52. The molecule has 0 fully saturated rings. The number of nitrogens with two attached hydrogens (primary N) is 3. The highest BCUT2D eigenvalue weighted by molar-refractivity contribution is 5.96. The van der Waals surface area contributed by atoms with E-state index < -0.39 is 11.8 Å². The van der Waals surface area contributed by atoms with Crippen molar-refractivity contribution in [2.24, 2.45) is 11.5 Å². The number of aromatic nitrogens is 1. The Labute approximate surface area is 114 Å². The van der Waals surface area contributed by atoms with E-state index in [1.807, 2.05) is 0 Å². The van der Waals surface area contributed by atoms with E-state index in [1.54, 1.807) is 18.2 Å². The predicted octanol–water partition coefficient (Wildman–Crippen LogP) is 0.654. The molecular formula is C13H12N4O3. The number of anilines is 1. The molecule has 2 amide bonds. The number of nitrogen functional groups attached to an aromatic ring is 1. The summed E-state index contributed by atoms with van der Waals surface area (Å²) in [7, 11) is 0. The number of carbonyl (C=O) groups is 2. The summed E-state index contributed by atoms with van der Waals surface area (Å²) >= 11 is 0. The van der Waals surface area contributed by atoms with E-state index >= 15 is 0 Å². The summed E-state index contributed by atoms with van der Waals surface area (Å²) in [6.07, 6.45) is 1.33. The number of carbonyl (C=O) groups excluding carboxylic acids is 2. The lowest BCUT2D eigenvalue weighted by molar-refractivity contribution is 0.0989. The fraction of sp³-hybridized carbons (Fsp3) is 0. The molecule has 0 unspecified atom stereocenters. The third kappa shape index (κ3) is 2.83. The summed E-state index contributed by atoms with van der Waals surface area (Å²) in [6, 6.07) is 7.53. The predicted molar refractivity (Wildman–Crippen MR) is 72.2 cm³/mol. The van der Waals surface area contributed by atoms with Crippen LogP contribution in [0.25, 0.3) is 0 Å². The Morgan fingerprint density at radius 1 is 1.10 bits per heavy atom. The van der Waals surface area contributed by atoms with Gasteiger partial charge >= 0.3 is 0 Å². The first-order valence-electron chi connectivity index (χ1n) is 5.60. The molecule has 6 N–H and O–H groups in total. The van der Waals surface area contributed by atoms with Gasteiger partial charge in [0, 0.05) is 5.56 Å². The van der Waals surface area contributed by atoms with Gasteiger partial charge in [0.25, 0.3) is 5.91 Å². The average Bonchev–Trinajstić information content (AvgIpc) is 2.41. The highest BCUT2D eigenvalue weighted by Gasteiger charge is 2.13. The van der Waals surface area contributed by atoms with E-state index in [-0.39, 0.29) is 22.7 Å². The Hall–Kier alpha value is -3.09.